The molecule has 0 amide bonds. The first-order valence-electron chi connectivity index (χ1n) is 5.06. The zero-order valence-electron chi connectivity index (χ0n) is 9.50. The Morgan fingerprint density at radius 1 is 1.06 bits per heavy atom. The summed E-state index contributed by atoms with van der Waals surface area (Å²) in [6, 6.07) is 13.6. The third-order valence-corrected chi connectivity index (χ3v) is 2.08. The second-order valence-electron chi connectivity index (χ2n) is 3.25. The summed E-state index contributed by atoms with van der Waals surface area (Å²) < 4.78 is 31.4. The number of ether oxygens (including phenoxy) is 1. The van der Waals surface area contributed by atoms with Crippen molar-refractivity contribution in [3.63, 3.8) is 0 Å². The minimum absolute atomic E-state index is 0.138. The molecule has 0 radical (unpaired) electrons. The maximum absolute atomic E-state index is 13.2. The van der Waals surface area contributed by atoms with E-state index in [1.165, 1.54) is 16.3 Å². The van der Waals surface area contributed by atoms with Gasteiger partial charge in [-0.15, -0.1) is 12.1 Å². The normalized spacial score (nSPS) is 9.39. The van der Waals surface area contributed by atoms with Gasteiger partial charge >= 0.3 is 30.0 Å². The van der Waals surface area contributed by atoms with Crippen LogP contribution in [-0.4, -0.2) is 0 Å². The molecule has 1 nitrogen and oxygen atoms in total. The van der Waals surface area contributed by atoms with Gasteiger partial charge in [0.25, 0.3) is 0 Å². The molecule has 0 unspecified atom stereocenters. The quantitative estimate of drug-likeness (QED) is 0.586. The molecule has 5 heteroatoms. The van der Waals surface area contributed by atoms with Crippen molar-refractivity contribution in [1.82, 2.24) is 0 Å². The van der Waals surface area contributed by atoms with Crippen LogP contribution in [0.4, 0.5) is 8.78 Å². The van der Waals surface area contributed by atoms with Crippen molar-refractivity contribution in [2.24, 2.45) is 0 Å². The van der Waals surface area contributed by atoms with E-state index in [4.69, 9.17) is 4.74 Å². The molecule has 0 heterocycles. The van der Waals surface area contributed by atoms with Crippen molar-refractivity contribution in [1.29, 1.82) is 0 Å². The summed E-state index contributed by atoms with van der Waals surface area (Å²) in [5.74, 6) is -1.84. The van der Waals surface area contributed by atoms with Crippen LogP contribution in [0.25, 0.3) is 0 Å². The van der Waals surface area contributed by atoms with Gasteiger partial charge in [-0.05, 0) is 5.56 Å². The zero-order chi connectivity index (χ0) is 13.4. The number of hydrogen-bond donors (Lipinski definition) is 0. The monoisotopic (exact) mass is 362 g/mol. The first-order chi connectivity index (χ1) is 8.77. The van der Waals surface area contributed by atoms with Gasteiger partial charge in [-0.1, -0.05) is 30.3 Å². The Bertz CT molecular complexity index is 459. The average Bonchev–Trinajstić information content (AvgIpc) is 2.42. The van der Waals surface area contributed by atoms with Crippen LogP contribution in [0.1, 0.15) is 5.56 Å². The van der Waals surface area contributed by atoms with Crippen LogP contribution in [-0.2, 0) is 22.9 Å². The first kappa shape index (κ1) is 15.3. The molecule has 0 saturated heterocycles. The molecule has 0 atom stereocenters. The predicted molar refractivity (Wildman–Crippen MR) is 64.9 cm³/mol. The van der Waals surface area contributed by atoms with Crippen molar-refractivity contribution >= 4 is 13.6 Å². The molecule has 0 fully saturated rings. The van der Waals surface area contributed by atoms with Crippen LogP contribution >= 0.6 is 13.6 Å². The van der Waals surface area contributed by atoms with Crippen LogP contribution < -0.4 is 4.74 Å². The maximum atomic E-state index is 13.2. The molecule has 0 aromatic heterocycles. The predicted octanol–water partition coefficient (Wildman–Crippen LogP) is 4.19. The molecule has 0 aliphatic heterocycles. The third-order valence-electron chi connectivity index (χ3n) is 2.08. The average molecular weight is 365 g/mol. The van der Waals surface area contributed by atoms with E-state index in [1.807, 2.05) is 30.3 Å². The molecule has 0 aliphatic rings. The molecule has 2 aromatic rings. The van der Waals surface area contributed by atoms with Crippen LogP contribution in [0.3, 0.4) is 0 Å². The second-order valence-corrected chi connectivity index (χ2v) is 3.25. The van der Waals surface area contributed by atoms with Gasteiger partial charge in [0.05, 0.1) is 17.4 Å². The van der Waals surface area contributed by atoms with Gasteiger partial charge < -0.3 is 4.74 Å². The van der Waals surface area contributed by atoms with E-state index in [1.54, 1.807) is 0 Å². The third kappa shape index (κ3) is 4.47. The van der Waals surface area contributed by atoms with Crippen molar-refractivity contribution in [3.8, 4) is 5.75 Å². The standard InChI is InChI=1S/C13H9F2O.BrH.Zn/c14-11-7-4-8-12(15)13(11)16-9-10-5-2-1-3-6-10;;/h1-3,5-8H,9H2;1H;/q-1;;+2/p-1. The molecule has 0 spiro atoms. The zero-order valence-corrected chi connectivity index (χ0v) is 14.1. The van der Waals surface area contributed by atoms with E-state index in [9.17, 15) is 8.78 Å². The molecule has 90 valence electrons. The Hall–Kier alpha value is -0.797. The molecule has 0 aliphatic carbocycles. The van der Waals surface area contributed by atoms with E-state index < -0.39 is 11.6 Å². The van der Waals surface area contributed by atoms with Gasteiger partial charge in [-0.3, -0.25) is 8.78 Å². The van der Waals surface area contributed by atoms with E-state index in [-0.39, 0.29) is 12.4 Å². The first-order valence-corrected chi connectivity index (χ1v) is 12.0. The summed E-state index contributed by atoms with van der Waals surface area (Å²) >= 11 is 4.25. The van der Waals surface area contributed by atoms with E-state index in [0.29, 0.717) is 0 Å². The van der Waals surface area contributed by atoms with Crippen LogP contribution in [0.5, 0.6) is 5.75 Å². The summed E-state index contributed by atoms with van der Waals surface area (Å²) in [6.07, 6.45) is 0. The fourth-order valence-corrected chi connectivity index (χ4v) is 1.30. The van der Waals surface area contributed by atoms with Gasteiger partial charge in [-0.25, -0.2) is 0 Å². The van der Waals surface area contributed by atoms with Crippen molar-refractivity contribution in [2.45, 2.75) is 6.61 Å². The van der Waals surface area contributed by atoms with Gasteiger partial charge in [0, 0.05) is 0 Å². The van der Waals surface area contributed by atoms with Gasteiger partial charge in [0.1, 0.15) is 6.61 Å². The minimum atomic E-state index is -0.740. The number of benzene rings is 2. The number of halogens is 3. The van der Waals surface area contributed by atoms with E-state index in [0.717, 1.165) is 17.7 Å². The Morgan fingerprint density at radius 2 is 1.61 bits per heavy atom. The van der Waals surface area contributed by atoms with Crippen LogP contribution in [0.15, 0.2) is 42.5 Å². The van der Waals surface area contributed by atoms with Crippen molar-refractivity contribution < 1.29 is 29.9 Å². The molecule has 0 bridgehead atoms. The Kier molecular flexibility index (Phi) is 7.06. The summed E-state index contributed by atoms with van der Waals surface area (Å²) in [5.41, 5.74) is 0.856. The Morgan fingerprint density at radius 3 is 2.17 bits per heavy atom. The van der Waals surface area contributed by atoms with Crippen LogP contribution in [0, 0.1) is 17.7 Å². The molecule has 18 heavy (non-hydrogen) atoms. The second kappa shape index (κ2) is 8.33. The summed E-state index contributed by atoms with van der Waals surface area (Å²) in [4.78, 5) is 0. The van der Waals surface area contributed by atoms with Crippen LogP contribution in [0.2, 0.25) is 0 Å². The van der Waals surface area contributed by atoms with E-state index >= 15 is 0 Å². The molecule has 0 N–H and O–H groups in total. The Balaban J connectivity index is 0.000000771. The fourth-order valence-electron chi connectivity index (χ4n) is 1.30. The van der Waals surface area contributed by atoms with E-state index in [2.05, 4.69) is 19.7 Å². The molecule has 2 rings (SSSR count). The summed E-state index contributed by atoms with van der Waals surface area (Å²) in [6.45, 7) is 0.138. The number of rotatable bonds is 3. The fraction of sp³-hybridized carbons (Fsp3) is 0.0769. The molecule has 2 aromatic carbocycles. The molecular formula is C13H9BrF2OZn. The van der Waals surface area contributed by atoms with Gasteiger partial charge in [0.15, 0.2) is 0 Å². The van der Waals surface area contributed by atoms with Crippen molar-refractivity contribution in [2.75, 3.05) is 0 Å². The SMILES string of the molecule is Fc1c[c-]cc(F)c1OCc1ccccc1.[Zn+][Br]. The topological polar surface area (TPSA) is 9.23 Å². The summed E-state index contributed by atoms with van der Waals surface area (Å²) in [7, 11) is 0. The molecular weight excluding hydrogens is 355 g/mol. The molecule has 0 saturated carbocycles. The Labute approximate surface area is 121 Å². The van der Waals surface area contributed by atoms with Gasteiger partial charge in [0.2, 0.25) is 0 Å². The summed E-state index contributed by atoms with van der Waals surface area (Å²) in [5, 5.41) is 0. The van der Waals surface area contributed by atoms with Gasteiger partial charge in [-0.2, -0.15) is 6.07 Å². The van der Waals surface area contributed by atoms with Crippen molar-refractivity contribution in [3.05, 3.63) is 65.7 Å². The number of hydrogen-bond acceptors (Lipinski definition) is 1.